The number of fused-ring (bicyclic) bond motifs is 1. The number of rotatable bonds is 2. The molecule has 0 aliphatic carbocycles. The van der Waals surface area contributed by atoms with Crippen LogP contribution in [0.2, 0.25) is 0 Å². The predicted molar refractivity (Wildman–Crippen MR) is 72.9 cm³/mol. The molecule has 0 spiro atoms. The summed E-state index contributed by atoms with van der Waals surface area (Å²) in [5.74, 6) is -0.502. The molecular weight excluding hydrogens is 281 g/mol. The van der Waals surface area contributed by atoms with Crippen molar-refractivity contribution in [3.8, 4) is 0 Å². The number of carbonyl (C=O) groups is 1. The minimum absolute atomic E-state index is 0.0566. The molecule has 1 fully saturated rings. The van der Waals surface area contributed by atoms with E-state index in [1.54, 1.807) is 24.4 Å². The van der Waals surface area contributed by atoms with E-state index in [9.17, 15) is 18.0 Å². The van der Waals surface area contributed by atoms with Crippen molar-refractivity contribution in [2.24, 2.45) is 5.41 Å². The summed E-state index contributed by atoms with van der Waals surface area (Å²) in [6.07, 6.45) is -3.83. The molecule has 1 aliphatic heterocycles. The molecule has 0 radical (unpaired) electrons. The molecule has 0 N–H and O–H groups in total. The van der Waals surface area contributed by atoms with Crippen LogP contribution in [0.1, 0.15) is 13.3 Å². The normalized spacial score (nSPS) is 22.5. The number of β-lactam (4-membered cyclic amide) rings is 1. The molecular formula is C15H13F3N2O. The summed E-state index contributed by atoms with van der Waals surface area (Å²) in [4.78, 5) is 17.8. The predicted octanol–water partition coefficient (Wildman–Crippen LogP) is 3.54. The van der Waals surface area contributed by atoms with Crippen molar-refractivity contribution in [3.63, 3.8) is 0 Å². The van der Waals surface area contributed by atoms with Crippen LogP contribution in [0.5, 0.6) is 0 Å². The molecule has 1 amide bonds. The molecule has 1 saturated heterocycles. The van der Waals surface area contributed by atoms with Gasteiger partial charge in [-0.15, -0.1) is 0 Å². The molecule has 2 heterocycles. The number of aromatic nitrogens is 1. The summed E-state index contributed by atoms with van der Waals surface area (Å²) in [7, 11) is 0. The number of hydrogen-bond donors (Lipinski definition) is 0. The van der Waals surface area contributed by atoms with Crippen molar-refractivity contribution in [1.29, 1.82) is 0 Å². The van der Waals surface area contributed by atoms with Crippen molar-refractivity contribution in [1.82, 2.24) is 4.98 Å². The lowest BCUT2D eigenvalue weighted by Gasteiger charge is -2.47. The number of alkyl halides is 3. The van der Waals surface area contributed by atoms with Crippen LogP contribution in [-0.4, -0.2) is 23.6 Å². The lowest BCUT2D eigenvalue weighted by atomic mass is 9.77. The summed E-state index contributed by atoms with van der Waals surface area (Å²) < 4.78 is 37.6. The molecule has 6 heteroatoms. The number of halogens is 3. The Hall–Kier alpha value is -2.11. The lowest BCUT2D eigenvalue weighted by molar-refractivity contribution is -0.171. The third-order valence-corrected chi connectivity index (χ3v) is 3.76. The van der Waals surface area contributed by atoms with Gasteiger partial charge in [0.25, 0.3) is 0 Å². The van der Waals surface area contributed by atoms with Gasteiger partial charge in [0.1, 0.15) is 0 Å². The van der Waals surface area contributed by atoms with Crippen LogP contribution in [0.4, 0.5) is 18.9 Å². The van der Waals surface area contributed by atoms with Crippen LogP contribution in [-0.2, 0) is 4.79 Å². The zero-order valence-electron chi connectivity index (χ0n) is 11.3. The first-order valence-electron chi connectivity index (χ1n) is 6.53. The smallest absolute Gasteiger partial charge is 0.309 e. The summed E-state index contributed by atoms with van der Waals surface area (Å²) in [6, 6.07) is 8.96. The molecule has 3 rings (SSSR count). The maximum Gasteiger partial charge on any atom is 0.390 e. The molecule has 1 atom stereocenters. The average Bonchev–Trinajstić information content (AvgIpc) is 2.42. The number of amides is 1. The van der Waals surface area contributed by atoms with Crippen LogP contribution in [0.3, 0.4) is 0 Å². The van der Waals surface area contributed by atoms with Gasteiger partial charge in [0.15, 0.2) is 0 Å². The number of para-hydroxylation sites is 1. The molecule has 1 unspecified atom stereocenters. The van der Waals surface area contributed by atoms with Crippen LogP contribution in [0.25, 0.3) is 10.9 Å². The van der Waals surface area contributed by atoms with E-state index in [4.69, 9.17) is 0 Å². The number of nitrogens with zero attached hydrogens (tertiary/aromatic N) is 2. The SMILES string of the molecule is CC1(CC(F)(F)F)CN(c2cccc3cccnc23)C1=O. The minimum Gasteiger partial charge on any atom is -0.309 e. The second kappa shape index (κ2) is 4.44. The van der Waals surface area contributed by atoms with Crippen molar-refractivity contribution in [3.05, 3.63) is 36.5 Å². The lowest BCUT2D eigenvalue weighted by Crippen LogP contribution is -2.61. The van der Waals surface area contributed by atoms with E-state index >= 15 is 0 Å². The largest absolute Gasteiger partial charge is 0.390 e. The van der Waals surface area contributed by atoms with E-state index in [1.807, 2.05) is 12.1 Å². The van der Waals surface area contributed by atoms with Crippen molar-refractivity contribution < 1.29 is 18.0 Å². The number of hydrogen-bond acceptors (Lipinski definition) is 2. The molecule has 1 aliphatic rings. The van der Waals surface area contributed by atoms with Gasteiger partial charge < -0.3 is 4.90 Å². The number of anilines is 1. The Labute approximate surface area is 119 Å². The van der Waals surface area contributed by atoms with E-state index in [1.165, 1.54) is 11.8 Å². The summed E-state index contributed by atoms with van der Waals surface area (Å²) in [5, 5.41) is 0.854. The first kappa shape index (κ1) is 13.9. The van der Waals surface area contributed by atoms with Gasteiger partial charge in [0, 0.05) is 18.1 Å². The van der Waals surface area contributed by atoms with Gasteiger partial charge in [0.2, 0.25) is 5.91 Å². The van der Waals surface area contributed by atoms with E-state index in [0.717, 1.165) is 5.39 Å². The van der Waals surface area contributed by atoms with E-state index in [-0.39, 0.29) is 6.54 Å². The second-order valence-corrected chi connectivity index (χ2v) is 5.60. The van der Waals surface area contributed by atoms with Crippen molar-refractivity contribution >= 4 is 22.5 Å². The quantitative estimate of drug-likeness (QED) is 0.794. The highest BCUT2D eigenvalue weighted by atomic mass is 19.4. The van der Waals surface area contributed by atoms with Crippen molar-refractivity contribution in [2.75, 3.05) is 11.4 Å². The van der Waals surface area contributed by atoms with Crippen LogP contribution < -0.4 is 4.90 Å². The van der Waals surface area contributed by atoms with Crippen LogP contribution in [0.15, 0.2) is 36.5 Å². The maximum atomic E-state index is 12.5. The van der Waals surface area contributed by atoms with Gasteiger partial charge in [-0.2, -0.15) is 13.2 Å². The Balaban J connectivity index is 1.92. The Morgan fingerprint density at radius 1 is 1.29 bits per heavy atom. The molecule has 1 aromatic carbocycles. The Bertz CT molecular complexity index is 708. The molecule has 0 bridgehead atoms. The fourth-order valence-corrected chi connectivity index (χ4v) is 2.80. The molecule has 3 nitrogen and oxygen atoms in total. The number of carbonyl (C=O) groups excluding carboxylic acids is 1. The highest BCUT2D eigenvalue weighted by Crippen LogP contribution is 2.44. The van der Waals surface area contributed by atoms with Crippen LogP contribution in [0, 0.1) is 5.41 Å². The van der Waals surface area contributed by atoms with Gasteiger partial charge in [-0.1, -0.05) is 18.2 Å². The van der Waals surface area contributed by atoms with Crippen molar-refractivity contribution in [2.45, 2.75) is 19.5 Å². The second-order valence-electron chi connectivity index (χ2n) is 5.60. The van der Waals surface area contributed by atoms with Gasteiger partial charge in [-0.3, -0.25) is 9.78 Å². The first-order valence-corrected chi connectivity index (χ1v) is 6.53. The summed E-state index contributed by atoms with van der Waals surface area (Å²) >= 11 is 0. The Kier molecular flexibility index (Phi) is 2.93. The first-order chi connectivity index (χ1) is 9.80. The fraction of sp³-hybridized carbons (Fsp3) is 0.333. The Morgan fingerprint density at radius 3 is 2.67 bits per heavy atom. The van der Waals surface area contributed by atoms with Gasteiger partial charge >= 0.3 is 6.18 Å². The number of pyridine rings is 1. The monoisotopic (exact) mass is 294 g/mol. The third-order valence-electron chi connectivity index (χ3n) is 3.76. The average molecular weight is 294 g/mol. The molecule has 0 saturated carbocycles. The molecule has 2 aromatic rings. The van der Waals surface area contributed by atoms with Gasteiger partial charge in [-0.05, 0) is 19.1 Å². The standard InChI is InChI=1S/C15H13F3N2O/c1-14(8-15(16,17)18)9-20(13(14)21)11-6-2-4-10-5-3-7-19-12(10)11/h2-7H,8-9H2,1H3. The zero-order chi connectivity index (χ0) is 15.3. The summed E-state index contributed by atoms with van der Waals surface area (Å²) in [5.41, 5.74) is -0.171. The fourth-order valence-electron chi connectivity index (χ4n) is 2.80. The molecule has 21 heavy (non-hydrogen) atoms. The Morgan fingerprint density at radius 2 is 2.00 bits per heavy atom. The topological polar surface area (TPSA) is 33.2 Å². The van der Waals surface area contributed by atoms with E-state index in [0.29, 0.717) is 11.2 Å². The van der Waals surface area contributed by atoms with Gasteiger partial charge in [0.05, 0.1) is 23.0 Å². The van der Waals surface area contributed by atoms with E-state index in [2.05, 4.69) is 4.98 Å². The molecule has 1 aromatic heterocycles. The highest BCUT2D eigenvalue weighted by Gasteiger charge is 2.54. The van der Waals surface area contributed by atoms with E-state index < -0.39 is 23.9 Å². The third kappa shape index (κ3) is 2.34. The zero-order valence-corrected chi connectivity index (χ0v) is 11.3. The molecule has 110 valence electrons. The number of benzene rings is 1. The minimum atomic E-state index is -4.34. The maximum absolute atomic E-state index is 12.5. The highest BCUT2D eigenvalue weighted by molar-refractivity contribution is 6.09. The van der Waals surface area contributed by atoms with Crippen LogP contribution >= 0.6 is 0 Å². The summed E-state index contributed by atoms with van der Waals surface area (Å²) in [6.45, 7) is 1.42. The van der Waals surface area contributed by atoms with Gasteiger partial charge in [-0.25, -0.2) is 0 Å².